The first-order chi connectivity index (χ1) is 8.74. The number of halogens is 2. The van der Waals surface area contributed by atoms with Crippen molar-refractivity contribution in [2.75, 3.05) is 6.54 Å². The molecule has 18 heavy (non-hydrogen) atoms. The van der Waals surface area contributed by atoms with E-state index in [1.54, 1.807) is 6.07 Å². The molecule has 6 heteroatoms. The summed E-state index contributed by atoms with van der Waals surface area (Å²) in [5, 5.41) is 7.44. The number of hydrogen-bond acceptors (Lipinski definition) is 4. The molecular formula is C12H11ClFN3O. The average Bonchev–Trinajstić information content (AvgIpc) is 2.99. The molecule has 4 nitrogen and oxygen atoms in total. The summed E-state index contributed by atoms with van der Waals surface area (Å²) in [4.78, 5) is 4.31. The number of nitrogens with zero attached hydrogens (tertiary/aromatic N) is 2. The van der Waals surface area contributed by atoms with Crippen molar-refractivity contribution in [3.8, 4) is 11.4 Å². The Kier molecular flexibility index (Phi) is 3.01. The fraction of sp³-hybridized carbons (Fsp3) is 0.333. The van der Waals surface area contributed by atoms with Gasteiger partial charge in [0.25, 0.3) is 0 Å². The number of hydrogen-bond donors (Lipinski definition) is 1. The van der Waals surface area contributed by atoms with Gasteiger partial charge < -0.3 is 9.84 Å². The Hall–Kier alpha value is -1.46. The molecule has 1 aliphatic heterocycles. The van der Waals surface area contributed by atoms with Crippen molar-refractivity contribution in [2.24, 2.45) is 0 Å². The maximum absolute atomic E-state index is 13.0. The zero-order valence-corrected chi connectivity index (χ0v) is 10.2. The van der Waals surface area contributed by atoms with E-state index in [0.29, 0.717) is 17.3 Å². The minimum Gasteiger partial charge on any atom is -0.337 e. The highest BCUT2D eigenvalue weighted by molar-refractivity contribution is 6.33. The van der Waals surface area contributed by atoms with Crippen LogP contribution in [0.2, 0.25) is 5.02 Å². The molecule has 1 aromatic carbocycles. The standard InChI is InChI=1S/C12H11ClFN3O/c13-9-6-7(14)3-4-8(9)11-16-12(18-17-11)10-2-1-5-15-10/h3-4,6,10,15H,1-2,5H2/t10-/m0/s1. The van der Waals surface area contributed by atoms with Gasteiger partial charge in [0.2, 0.25) is 11.7 Å². The van der Waals surface area contributed by atoms with E-state index in [4.69, 9.17) is 16.1 Å². The fourth-order valence-corrected chi connectivity index (χ4v) is 2.30. The third kappa shape index (κ3) is 2.11. The molecule has 1 saturated heterocycles. The molecule has 1 N–H and O–H groups in total. The quantitative estimate of drug-likeness (QED) is 0.909. The van der Waals surface area contributed by atoms with Gasteiger partial charge in [0.15, 0.2) is 0 Å². The predicted molar refractivity (Wildman–Crippen MR) is 64.7 cm³/mol. The van der Waals surface area contributed by atoms with Crippen molar-refractivity contribution in [3.05, 3.63) is 34.9 Å². The average molecular weight is 268 g/mol. The van der Waals surface area contributed by atoms with E-state index in [-0.39, 0.29) is 16.9 Å². The molecular weight excluding hydrogens is 257 g/mol. The highest BCUT2D eigenvalue weighted by Crippen LogP contribution is 2.28. The topological polar surface area (TPSA) is 51.0 Å². The summed E-state index contributed by atoms with van der Waals surface area (Å²) in [7, 11) is 0. The predicted octanol–water partition coefficient (Wildman–Crippen LogP) is 2.95. The second-order valence-corrected chi connectivity index (χ2v) is 4.64. The van der Waals surface area contributed by atoms with Gasteiger partial charge in [-0.1, -0.05) is 16.8 Å². The van der Waals surface area contributed by atoms with Gasteiger partial charge in [-0.3, -0.25) is 0 Å². The largest absolute Gasteiger partial charge is 0.337 e. The first kappa shape index (κ1) is 11.6. The summed E-state index contributed by atoms with van der Waals surface area (Å²) in [5.74, 6) is 0.566. The van der Waals surface area contributed by atoms with Gasteiger partial charge >= 0.3 is 0 Å². The van der Waals surface area contributed by atoms with Crippen molar-refractivity contribution in [1.29, 1.82) is 0 Å². The van der Waals surface area contributed by atoms with Crippen molar-refractivity contribution >= 4 is 11.6 Å². The third-order valence-electron chi connectivity index (χ3n) is 2.97. The molecule has 1 aromatic heterocycles. The molecule has 3 rings (SSSR count). The molecule has 0 saturated carbocycles. The Morgan fingerprint density at radius 1 is 1.44 bits per heavy atom. The second-order valence-electron chi connectivity index (χ2n) is 4.23. The van der Waals surface area contributed by atoms with E-state index in [0.717, 1.165) is 19.4 Å². The van der Waals surface area contributed by atoms with Crippen LogP contribution in [-0.4, -0.2) is 16.7 Å². The molecule has 0 aliphatic carbocycles. The van der Waals surface area contributed by atoms with E-state index < -0.39 is 0 Å². The van der Waals surface area contributed by atoms with Crippen LogP contribution in [0.15, 0.2) is 22.7 Å². The first-order valence-corrected chi connectivity index (χ1v) is 6.14. The molecule has 2 aromatic rings. The molecule has 1 fully saturated rings. The lowest BCUT2D eigenvalue weighted by Crippen LogP contribution is -2.12. The van der Waals surface area contributed by atoms with Crippen molar-refractivity contribution in [3.63, 3.8) is 0 Å². The normalized spacial score (nSPS) is 19.3. The van der Waals surface area contributed by atoms with E-state index in [2.05, 4.69) is 15.5 Å². The van der Waals surface area contributed by atoms with Gasteiger partial charge in [0.1, 0.15) is 5.82 Å². The van der Waals surface area contributed by atoms with Gasteiger partial charge in [-0.15, -0.1) is 0 Å². The SMILES string of the molecule is Fc1ccc(-c2noc([C@@H]3CCCN3)n2)c(Cl)c1. The maximum atomic E-state index is 13.0. The minimum absolute atomic E-state index is 0.116. The smallest absolute Gasteiger partial charge is 0.244 e. The van der Waals surface area contributed by atoms with Gasteiger partial charge in [0, 0.05) is 5.56 Å². The Balaban J connectivity index is 1.92. The van der Waals surface area contributed by atoms with Crippen molar-refractivity contribution < 1.29 is 8.91 Å². The van der Waals surface area contributed by atoms with Crippen LogP contribution < -0.4 is 5.32 Å². The van der Waals surface area contributed by atoms with Crippen LogP contribution in [0.3, 0.4) is 0 Å². The van der Waals surface area contributed by atoms with Crippen molar-refractivity contribution in [1.82, 2.24) is 15.5 Å². The van der Waals surface area contributed by atoms with Gasteiger partial charge in [-0.2, -0.15) is 4.98 Å². The lowest BCUT2D eigenvalue weighted by Gasteiger charge is -2.01. The lowest BCUT2D eigenvalue weighted by atomic mass is 10.2. The summed E-state index contributed by atoms with van der Waals surface area (Å²) in [5.41, 5.74) is 0.575. The fourth-order valence-electron chi connectivity index (χ4n) is 2.05. The number of nitrogens with one attached hydrogen (secondary N) is 1. The Bertz CT molecular complexity index is 566. The van der Waals surface area contributed by atoms with Crippen LogP contribution in [-0.2, 0) is 0 Å². The summed E-state index contributed by atoms with van der Waals surface area (Å²) >= 11 is 5.96. The Morgan fingerprint density at radius 2 is 2.33 bits per heavy atom. The van der Waals surface area contributed by atoms with Crippen LogP contribution in [0.5, 0.6) is 0 Å². The van der Waals surface area contributed by atoms with Crippen LogP contribution in [0.1, 0.15) is 24.8 Å². The maximum Gasteiger partial charge on any atom is 0.244 e. The van der Waals surface area contributed by atoms with E-state index in [9.17, 15) is 4.39 Å². The summed E-state index contributed by atoms with van der Waals surface area (Å²) in [6, 6.07) is 4.23. The number of benzene rings is 1. The third-order valence-corrected chi connectivity index (χ3v) is 3.28. The monoisotopic (exact) mass is 267 g/mol. The number of rotatable bonds is 2. The lowest BCUT2D eigenvalue weighted by molar-refractivity contribution is 0.345. The number of aromatic nitrogens is 2. The molecule has 0 unspecified atom stereocenters. The van der Waals surface area contributed by atoms with Gasteiger partial charge in [0.05, 0.1) is 11.1 Å². The van der Waals surface area contributed by atoms with E-state index in [1.165, 1.54) is 12.1 Å². The zero-order valence-electron chi connectivity index (χ0n) is 9.49. The van der Waals surface area contributed by atoms with Gasteiger partial charge in [-0.25, -0.2) is 4.39 Å². The second kappa shape index (κ2) is 4.66. The van der Waals surface area contributed by atoms with Crippen LogP contribution in [0, 0.1) is 5.82 Å². The van der Waals surface area contributed by atoms with Crippen LogP contribution >= 0.6 is 11.6 Å². The van der Waals surface area contributed by atoms with Crippen LogP contribution in [0.25, 0.3) is 11.4 Å². The highest BCUT2D eigenvalue weighted by atomic mass is 35.5. The van der Waals surface area contributed by atoms with E-state index in [1.807, 2.05) is 0 Å². The van der Waals surface area contributed by atoms with Crippen LogP contribution in [0.4, 0.5) is 4.39 Å². The summed E-state index contributed by atoms with van der Waals surface area (Å²) < 4.78 is 18.2. The summed E-state index contributed by atoms with van der Waals surface area (Å²) in [6.07, 6.45) is 2.08. The molecule has 0 spiro atoms. The van der Waals surface area contributed by atoms with Crippen molar-refractivity contribution in [2.45, 2.75) is 18.9 Å². The Morgan fingerprint density at radius 3 is 3.06 bits per heavy atom. The van der Waals surface area contributed by atoms with Gasteiger partial charge in [-0.05, 0) is 37.6 Å². The molecule has 0 radical (unpaired) electrons. The molecule has 1 aliphatic rings. The summed E-state index contributed by atoms with van der Waals surface area (Å²) in [6.45, 7) is 0.958. The molecule has 94 valence electrons. The molecule has 1 atom stereocenters. The first-order valence-electron chi connectivity index (χ1n) is 5.76. The van der Waals surface area contributed by atoms with E-state index >= 15 is 0 Å². The molecule has 2 heterocycles. The minimum atomic E-state index is -0.384. The molecule has 0 amide bonds. The Labute approximate surface area is 108 Å². The molecule has 0 bridgehead atoms. The zero-order chi connectivity index (χ0) is 12.5. The highest BCUT2D eigenvalue weighted by Gasteiger charge is 2.23.